The van der Waals surface area contributed by atoms with Gasteiger partial charge in [0.1, 0.15) is 17.2 Å². The molecular formula is C29H31F3N4O3S2. The third-order valence-electron chi connectivity index (χ3n) is 6.76. The second kappa shape index (κ2) is 13.2. The number of rotatable bonds is 8. The minimum Gasteiger partial charge on any atom is -0.542 e. The number of thiazole rings is 1. The Hall–Kier alpha value is -3.19. The fourth-order valence-electron chi connectivity index (χ4n) is 4.80. The molecule has 1 fully saturated rings. The van der Waals surface area contributed by atoms with E-state index in [1.54, 1.807) is 23.1 Å². The van der Waals surface area contributed by atoms with Crippen LogP contribution in [-0.2, 0) is 16.1 Å². The van der Waals surface area contributed by atoms with E-state index in [9.17, 15) is 18.0 Å². The van der Waals surface area contributed by atoms with Crippen molar-refractivity contribution in [1.82, 2.24) is 5.32 Å². The van der Waals surface area contributed by atoms with Crippen molar-refractivity contribution in [1.29, 1.82) is 0 Å². The molecule has 1 saturated carbocycles. The smallest absolute Gasteiger partial charge is 0.430 e. The number of carboxylic acids is 1. The molecule has 1 aromatic heterocycles. The highest BCUT2D eigenvalue weighted by atomic mass is 32.2. The number of carbonyl (C=O) groups is 2. The average molecular weight is 605 g/mol. The van der Waals surface area contributed by atoms with Crippen molar-refractivity contribution < 1.29 is 32.4 Å². The molecule has 3 N–H and O–H groups in total. The molecule has 2 aliphatic rings. The Kier molecular flexibility index (Phi) is 9.90. The van der Waals surface area contributed by atoms with Gasteiger partial charge in [0.05, 0.1) is 16.6 Å². The molecule has 7 nitrogen and oxygen atoms in total. The van der Waals surface area contributed by atoms with Crippen LogP contribution in [-0.4, -0.2) is 43.6 Å². The summed E-state index contributed by atoms with van der Waals surface area (Å²) < 4.78 is 35.1. The molecule has 0 amide bonds. The van der Waals surface area contributed by atoms with E-state index in [4.69, 9.17) is 15.6 Å². The second-order valence-electron chi connectivity index (χ2n) is 9.32. The first kappa shape index (κ1) is 30.8. The zero-order valence-corrected chi connectivity index (χ0v) is 24.2. The molecule has 0 spiro atoms. The van der Waals surface area contributed by atoms with Gasteiger partial charge in [0.2, 0.25) is 5.52 Å². The molecule has 0 bridgehead atoms. The molecule has 2 heterocycles. The zero-order valence-electron chi connectivity index (χ0n) is 22.6. The van der Waals surface area contributed by atoms with Gasteiger partial charge in [0.25, 0.3) is 5.01 Å². The number of aliphatic carboxylic acids is 1. The summed E-state index contributed by atoms with van der Waals surface area (Å²) in [6.07, 6.45) is -0.0209. The first-order valence-corrected chi connectivity index (χ1v) is 14.9. The minimum atomic E-state index is -5.19. The normalized spacial score (nSPS) is 20.2. The monoisotopic (exact) mass is 604 g/mol. The summed E-state index contributed by atoms with van der Waals surface area (Å²) in [6, 6.07) is 16.9. The number of alkyl halides is 3. The maximum absolute atomic E-state index is 13.5. The Morgan fingerprint density at radius 2 is 1.85 bits per heavy atom. The predicted molar refractivity (Wildman–Crippen MR) is 154 cm³/mol. The number of fused-ring (bicyclic) bond motifs is 2. The Labute approximate surface area is 244 Å². The SMILES string of the molecule is CCN1C(=CC2C(=O)C(=Cc3sc4ccccc4[n+]3CC)C2NCCCN)Sc2ccccc21.O=C([O-])C(F)(F)F. The van der Waals surface area contributed by atoms with Crippen molar-refractivity contribution in [3.05, 3.63) is 70.2 Å². The second-order valence-corrected chi connectivity index (χ2v) is 11.4. The summed E-state index contributed by atoms with van der Waals surface area (Å²) in [4.78, 5) is 25.8. The van der Waals surface area contributed by atoms with E-state index < -0.39 is 12.1 Å². The largest absolute Gasteiger partial charge is 0.542 e. The van der Waals surface area contributed by atoms with Crippen LogP contribution in [0.15, 0.2) is 70.1 Å². The predicted octanol–water partition coefficient (Wildman–Crippen LogP) is 3.87. The van der Waals surface area contributed by atoms with Gasteiger partial charge in [-0.25, -0.2) is 0 Å². The average Bonchev–Trinajstić information content (AvgIpc) is 3.50. The molecular weight excluding hydrogens is 573 g/mol. The number of hydrogen-bond acceptors (Lipinski definition) is 8. The van der Waals surface area contributed by atoms with Crippen LogP contribution in [0.1, 0.15) is 25.3 Å². The van der Waals surface area contributed by atoms with Crippen LogP contribution in [0.25, 0.3) is 16.3 Å². The summed E-state index contributed by atoms with van der Waals surface area (Å²) in [5.74, 6) is -2.96. The number of anilines is 1. The summed E-state index contributed by atoms with van der Waals surface area (Å²) >= 11 is 3.51. The lowest BCUT2D eigenvalue weighted by Gasteiger charge is -2.37. The molecule has 1 aliphatic heterocycles. The van der Waals surface area contributed by atoms with Gasteiger partial charge < -0.3 is 25.9 Å². The van der Waals surface area contributed by atoms with E-state index in [2.05, 4.69) is 89.3 Å². The topological polar surface area (TPSA) is 102 Å². The number of nitrogens with zero attached hydrogens (tertiary/aromatic N) is 2. The highest BCUT2D eigenvalue weighted by Crippen LogP contribution is 2.47. The molecule has 5 rings (SSSR count). The van der Waals surface area contributed by atoms with Crippen LogP contribution in [0, 0.1) is 5.92 Å². The maximum atomic E-state index is 13.5. The number of aryl methyl sites for hydroxylation is 1. The van der Waals surface area contributed by atoms with Crippen LogP contribution < -0.4 is 25.6 Å². The lowest BCUT2D eigenvalue weighted by atomic mass is 9.72. The summed E-state index contributed by atoms with van der Waals surface area (Å²) in [5.41, 5.74) is 9.07. The Balaban J connectivity index is 0.000000493. The highest BCUT2D eigenvalue weighted by Gasteiger charge is 2.45. The van der Waals surface area contributed by atoms with E-state index in [0.29, 0.717) is 6.54 Å². The van der Waals surface area contributed by atoms with Crippen molar-refractivity contribution in [2.75, 3.05) is 24.5 Å². The lowest BCUT2D eigenvalue weighted by molar-refractivity contribution is -0.665. The number of nitrogens with two attached hydrogens (primary N) is 1. The Morgan fingerprint density at radius 1 is 1.17 bits per heavy atom. The molecule has 1 aliphatic carbocycles. The van der Waals surface area contributed by atoms with Crippen LogP contribution in [0.3, 0.4) is 0 Å². The molecule has 12 heteroatoms. The highest BCUT2D eigenvalue weighted by molar-refractivity contribution is 8.03. The quantitative estimate of drug-likeness (QED) is 0.229. The number of benzene rings is 2. The van der Waals surface area contributed by atoms with Crippen molar-refractivity contribution in [2.24, 2.45) is 11.7 Å². The van der Waals surface area contributed by atoms with Gasteiger partial charge in [-0.15, -0.1) is 0 Å². The number of halogens is 3. The van der Waals surface area contributed by atoms with Crippen molar-refractivity contribution >= 4 is 56.8 Å². The molecule has 2 aromatic carbocycles. The third-order valence-corrected chi connectivity index (χ3v) is 9.01. The summed E-state index contributed by atoms with van der Waals surface area (Å²) in [7, 11) is 0. The number of Topliss-reactive ketones (excluding diaryl/α,β-unsaturated/α-hetero) is 1. The summed E-state index contributed by atoms with van der Waals surface area (Å²) in [6.45, 7) is 7.50. The fourth-order valence-corrected chi connectivity index (χ4v) is 7.19. The molecule has 0 saturated heterocycles. The number of aromatic nitrogens is 1. The molecule has 3 aromatic rings. The van der Waals surface area contributed by atoms with Gasteiger partial charge in [0, 0.05) is 35.2 Å². The Morgan fingerprint density at radius 3 is 2.51 bits per heavy atom. The molecule has 2 atom stereocenters. The van der Waals surface area contributed by atoms with E-state index in [0.717, 1.165) is 41.7 Å². The number of carbonyl (C=O) groups excluding carboxylic acids is 2. The van der Waals surface area contributed by atoms with Gasteiger partial charge >= 0.3 is 6.18 Å². The Bertz CT molecular complexity index is 1490. The number of ketones is 1. The standard InChI is InChI=1S/C27H31N4OS2.C2HF3O2/c1-3-30-20-10-5-7-12-22(20)33-24(30)16-18-26(29-15-9-14-28)19(27(18)32)17-25-31(4-2)21-11-6-8-13-23(21)34-25;3-2(4,5)1(6)7/h5-8,10-13,16-18,26,29H,3-4,9,14-15,28H2,1-2H3;(H,6,7)/q+1;/p-1. The lowest BCUT2D eigenvalue weighted by Crippen LogP contribution is -2.53. The summed E-state index contributed by atoms with van der Waals surface area (Å²) in [5, 5.41) is 14.7. The van der Waals surface area contributed by atoms with Crippen LogP contribution >= 0.6 is 23.1 Å². The van der Waals surface area contributed by atoms with E-state index in [-0.39, 0.29) is 17.7 Å². The fraction of sp³-hybridized carbons (Fsp3) is 0.345. The first-order chi connectivity index (χ1) is 19.6. The van der Waals surface area contributed by atoms with Crippen LogP contribution in [0.5, 0.6) is 0 Å². The van der Waals surface area contributed by atoms with Crippen molar-refractivity contribution in [2.45, 2.75) is 43.9 Å². The van der Waals surface area contributed by atoms with E-state index in [1.807, 2.05) is 0 Å². The van der Waals surface area contributed by atoms with Gasteiger partial charge in [-0.1, -0.05) is 47.4 Å². The number of thioether (sulfide) groups is 1. The van der Waals surface area contributed by atoms with Crippen LogP contribution in [0.4, 0.5) is 18.9 Å². The number of carboxylic acid groups (broad SMARTS) is 1. The third kappa shape index (κ3) is 6.66. The van der Waals surface area contributed by atoms with Gasteiger partial charge in [-0.2, -0.15) is 17.7 Å². The van der Waals surface area contributed by atoms with Gasteiger partial charge in [-0.3, -0.25) is 4.79 Å². The van der Waals surface area contributed by atoms with E-state index in [1.165, 1.54) is 20.8 Å². The van der Waals surface area contributed by atoms with Crippen molar-refractivity contribution in [3.8, 4) is 0 Å². The molecule has 0 radical (unpaired) electrons. The zero-order chi connectivity index (χ0) is 29.7. The van der Waals surface area contributed by atoms with Crippen molar-refractivity contribution in [3.63, 3.8) is 0 Å². The first-order valence-electron chi connectivity index (χ1n) is 13.3. The minimum absolute atomic E-state index is 0.00471. The van der Waals surface area contributed by atoms with E-state index >= 15 is 0 Å². The number of hydrogen-bond donors (Lipinski definition) is 2. The molecule has 218 valence electrons. The maximum Gasteiger partial charge on any atom is 0.430 e. The van der Waals surface area contributed by atoms with Gasteiger partial charge in [-0.05, 0) is 57.6 Å². The van der Waals surface area contributed by atoms with Gasteiger partial charge in [0.15, 0.2) is 5.78 Å². The number of nitrogens with one attached hydrogen (secondary N) is 1. The molecule has 41 heavy (non-hydrogen) atoms. The number of para-hydroxylation sites is 2. The van der Waals surface area contributed by atoms with Crippen LogP contribution in [0.2, 0.25) is 0 Å². The molecule has 2 unspecified atom stereocenters.